The number of nitrogens with one attached hydrogen (secondary N) is 1. The van der Waals surface area contributed by atoms with Crippen LogP contribution in [0.25, 0.3) is 10.2 Å². The van der Waals surface area contributed by atoms with Gasteiger partial charge in [-0.2, -0.15) is 10.5 Å². The minimum atomic E-state index is -0.336. The average molecular weight is 308 g/mol. The number of nitrogens with zero attached hydrogens (tertiary/aromatic N) is 5. The van der Waals surface area contributed by atoms with Gasteiger partial charge in [0.15, 0.2) is 16.5 Å². The fourth-order valence-corrected chi connectivity index (χ4v) is 2.82. The molecule has 1 amide bonds. The molecule has 3 aromatic rings. The van der Waals surface area contributed by atoms with Crippen molar-refractivity contribution in [3.05, 3.63) is 42.0 Å². The first kappa shape index (κ1) is 13.7. The maximum absolute atomic E-state index is 12.0. The lowest BCUT2D eigenvalue weighted by Crippen LogP contribution is -2.19. The molecular formula is C14H8N6OS. The van der Waals surface area contributed by atoms with Crippen molar-refractivity contribution in [1.29, 1.82) is 10.5 Å². The third-order valence-corrected chi connectivity index (χ3v) is 3.86. The summed E-state index contributed by atoms with van der Waals surface area (Å²) in [4.78, 5) is 20.1. The van der Waals surface area contributed by atoms with Crippen LogP contribution in [0.4, 0.5) is 5.13 Å². The monoisotopic (exact) mass is 308 g/mol. The Morgan fingerprint density at radius 2 is 2.14 bits per heavy atom. The van der Waals surface area contributed by atoms with Gasteiger partial charge in [-0.3, -0.25) is 4.79 Å². The van der Waals surface area contributed by atoms with Gasteiger partial charge in [-0.1, -0.05) is 23.5 Å². The third-order valence-electron chi connectivity index (χ3n) is 2.90. The molecule has 1 N–H and O–H groups in total. The molecule has 7 nitrogen and oxygen atoms in total. The van der Waals surface area contributed by atoms with Gasteiger partial charge in [0.1, 0.15) is 18.7 Å². The van der Waals surface area contributed by atoms with E-state index in [1.807, 2.05) is 36.4 Å². The topological polar surface area (TPSA) is 107 Å². The minimum absolute atomic E-state index is 0.00953. The molecule has 0 saturated carbocycles. The van der Waals surface area contributed by atoms with Crippen LogP contribution in [-0.2, 0) is 11.3 Å². The van der Waals surface area contributed by atoms with Crippen LogP contribution in [0.3, 0.4) is 0 Å². The highest BCUT2D eigenvalue weighted by molar-refractivity contribution is 7.22. The van der Waals surface area contributed by atoms with Crippen LogP contribution in [0.1, 0.15) is 11.4 Å². The molecule has 0 aliphatic heterocycles. The predicted molar refractivity (Wildman–Crippen MR) is 79.9 cm³/mol. The summed E-state index contributed by atoms with van der Waals surface area (Å²) in [5.41, 5.74) is 0.896. The van der Waals surface area contributed by atoms with Gasteiger partial charge in [-0.05, 0) is 12.1 Å². The van der Waals surface area contributed by atoms with Gasteiger partial charge >= 0.3 is 0 Å². The van der Waals surface area contributed by atoms with Gasteiger partial charge in [0, 0.05) is 0 Å². The van der Waals surface area contributed by atoms with Crippen LogP contribution >= 0.6 is 11.3 Å². The van der Waals surface area contributed by atoms with Gasteiger partial charge < -0.3 is 9.88 Å². The smallest absolute Gasteiger partial charge is 0.246 e. The summed E-state index contributed by atoms with van der Waals surface area (Å²) in [5.74, 6) is -0.336. The molecule has 0 unspecified atom stereocenters. The molecule has 2 aromatic heterocycles. The Kier molecular flexibility index (Phi) is 3.52. The van der Waals surface area contributed by atoms with Crippen LogP contribution in [0, 0.1) is 22.7 Å². The van der Waals surface area contributed by atoms with E-state index in [1.54, 1.807) is 0 Å². The highest BCUT2D eigenvalue weighted by Crippen LogP contribution is 2.25. The Bertz CT molecular complexity index is 909. The summed E-state index contributed by atoms with van der Waals surface area (Å²) in [6.07, 6.45) is 1.30. The molecule has 8 heteroatoms. The molecule has 0 bridgehead atoms. The van der Waals surface area contributed by atoms with Gasteiger partial charge in [0.05, 0.1) is 16.5 Å². The van der Waals surface area contributed by atoms with Crippen molar-refractivity contribution >= 4 is 32.6 Å². The molecule has 0 aliphatic carbocycles. The molecule has 0 aliphatic rings. The fourth-order valence-electron chi connectivity index (χ4n) is 1.94. The zero-order chi connectivity index (χ0) is 15.5. The Labute approximate surface area is 129 Å². The van der Waals surface area contributed by atoms with E-state index in [0.717, 1.165) is 10.2 Å². The first-order valence-electron chi connectivity index (χ1n) is 6.22. The van der Waals surface area contributed by atoms with E-state index in [1.165, 1.54) is 22.2 Å². The van der Waals surface area contributed by atoms with E-state index in [9.17, 15) is 4.79 Å². The Balaban J connectivity index is 1.77. The highest BCUT2D eigenvalue weighted by Gasteiger charge is 2.14. The number of aromatic nitrogens is 3. The quantitative estimate of drug-likeness (QED) is 0.794. The number of carbonyl (C=O) groups is 1. The van der Waals surface area contributed by atoms with E-state index in [2.05, 4.69) is 15.3 Å². The first-order chi connectivity index (χ1) is 10.7. The summed E-state index contributed by atoms with van der Waals surface area (Å²) in [7, 11) is 0. The second-order valence-corrected chi connectivity index (χ2v) is 5.36. The van der Waals surface area contributed by atoms with Crippen LogP contribution in [-0.4, -0.2) is 20.4 Å². The SMILES string of the molecule is N#Cc1ncn(CC(=O)Nc2nc3ccccc3s2)c1C#N. The summed E-state index contributed by atoms with van der Waals surface area (Å²) in [6, 6.07) is 11.2. The number of benzene rings is 1. The molecule has 0 saturated heterocycles. The van der Waals surface area contributed by atoms with Crippen molar-refractivity contribution in [2.45, 2.75) is 6.54 Å². The molecule has 0 atom stereocenters. The number of hydrogen-bond donors (Lipinski definition) is 1. The van der Waals surface area contributed by atoms with E-state index in [-0.39, 0.29) is 23.8 Å². The van der Waals surface area contributed by atoms with Crippen LogP contribution in [0.2, 0.25) is 0 Å². The number of imidazole rings is 1. The molecule has 0 spiro atoms. The maximum Gasteiger partial charge on any atom is 0.246 e. The second kappa shape index (κ2) is 5.64. The van der Waals surface area contributed by atoms with Gasteiger partial charge in [0.25, 0.3) is 0 Å². The van der Waals surface area contributed by atoms with Crippen molar-refractivity contribution in [3.8, 4) is 12.1 Å². The Hall–Kier alpha value is -3.23. The number of hydrogen-bond acceptors (Lipinski definition) is 6. The third kappa shape index (κ3) is 2.51. The number of nitriles is 2. The number of rotatable bonds is 3. The van der Waals surface area contributed by atoms with Crippen LogP contribution in [0.5, 0.6) is 0 Å². The molecule has 0 radical (unpaired) electrons. The van der Waals surface area contributed by atoms with E-state index < -0.39 is 0 Å². The lowest BCUT2D eigenvalue weighted by atomic mass is 10.3. The molecule has 1 aromatic carbocycles. The summed E-state index contributed by atoms with van der Waals surface area (Å²) in [6.45, 7) is -0.104. The van der Waals surface area contributed by atoms with Gasteiger partial charge in [0.2, 0.25) is 5.91 Å². The van der Waals surface area contributed by atoms with Crippen LogP contribution in [0.15, 0.2) is 30.6 Å². The first-order valence-corrected chi connectivity index (χ1v) is 7.03. The van der Waals surface area contributed by atoms with Crippen LogP contribution < -0.4 is 5.32 Å². The van der Waals surface area contributed by atoms with E-state index >= 15 is 0 Å². The van der Waals surface area contributed by atoms with Gasteiger partial charge in [-0.15, -0.1) is 0 Å². The Morgan fingerprint density at radius 1 is 1.32 bits per heavy atom. The number of anilines is 1. The lowest BCUT2D eigenvalue weighted by Gasteiger charge is -2.03. The lowest BCUT2D eigenvalue weighted by molar-refractivity contribution is -0.116. The molecule has 2 heterocycles. The molecule has 0 fully saturated rings. The normalized spacial score (nSPS) is 10.1. The second-order valence-electron chi connectivity index (χ2n) is 4.33. The van der Waals surface area contributed by atoms with Crippen molar-refractivity contribution in [3.63, 3.8) is 0 Å². The van der Waals surface area contributed by atoms with E-state index in [0.29, 0.717) is 5.13 Å². The van der Waals surface area contributed by atoms with Crippen molar-refractivity contribution in [2.75, 3.05) is 5.32 Å². The Morgan fingerprint density at radius 3 is 2.86 bits per heavy atom. The molecule has 106 valence electrons. The summed E-state index contributed by atoms with van der Waals surface area (Å²) < 4.78 is 2.31. The number of carbonyl (C=O) groups excluding carboxylic acids is 1. The molecule has 22 heavy (non-hydrogen) atoms. The molecule has 3 rings (SSSR count). The van der Waals surface area contributed by atoms with Crippen molar-refractivity contribution in [1.82, 2.24) is 14.5 Å². The number of para-hydroxylation sites is 1. The average Bonchev–Trinajstić information content (AvgIpc) is 3.09. The standard InChI is InChI=1S/C14H8N6OS/c15-5-10-11(6-16)20(8-17-10)7-13(21)19-14-18-9-3-1-2-4-12(9)22-14/h1-4,8H,7H2,(H,18,19,21). The summed E-state index contributed by atoms with van der Waals surface area (Å²) >= 11 is 1.37. The fraction of sp³-hybridized carbons (Fsp3) is 0.0714. The number of thiazole rings is 1. The predicted octanol–water partition coefficient (Wildman–Crippen LogP) is 1.87. The zero-order valence-corrected chi connectivity index (χ0v) is 12.0. The number of fused-ring (bicyclic) bond motifs is 1. The van der Waals surface area contributed by atoms with Crippen molar-refractivity contribution < 1.29 is 4.79 Å². The number of amides is 1. The maximum atomic E-state index is 12.0. The minimum Gasteiger partial charge on any atom is -0.312 e. The van der Waals surface area contributed by atoms with Crippen molar-refractivity contribution in [2.24, 2.45) is 0 Å². The largest absolute Gasteiger partial charge is 0.312 e. The molecular weight excluding hydrogens is 300 g/mol. The van der Waals surface area contributed by atoms with E-state index in [4.69, 9.17) is 10.5 Å². The summed E-state index contributed by atoms with van der Waals surface area (Å²) in [5, 5.41) is 21.0. The highest BCUT2D eigenvalue weighted by atomic mass is 32.1. The zero-order valence-electron chi connectivity index (χ0n) is 11.1. The van der Waals surface area contributed by atoms with Gasteiger partial charge in [-0.25, -0.2) is 9.97 Å².